The molecular formula is C14H20N2OS. The molecule has 0 radical (unpaired) electrons. The largest absolute Gasteiger partial charge is 0.349 e. The summed E-state index contributed by atoms with van der Waals surface area (Å²) in [7, 11) is 0. The minimum Gasteiger partial charge on any atom is -0.349 e. The molecule has 0 aliphatic heterocycles. The molecular weight excluding hydrogens is 244 g/mol. The van der Waals surface area contributed by atoms with Crippen LogP contribution in [0, 0.1) is 5.92 Å². The van der Waals surface area contributed by atoms with Gasteiger partial charge in [0.25, 0.3) is 0 Å². The Morgan fingerprint density at radius 2 is 2.28 bits per heavy atom. The Morgan fingerprint density at radius 3 is 3.06 bits per heavy atom. The molecule has 1 fully saturated rings. The van der Waals surface area contributed by atoms with Crippen LogP contribution in [0.4, 0.5) is 0 Å². The summed E-state index contributed by atoms with van der Waals surface area (Å²) in [5, 5.41) is 5.38. The number of nitrogens with two attached hydrogens (primary N) is 1. The monoisotopic (exact) mass is 264 g/mol. The molecule has 18 heavy (non-hydrogen) atoms. The third-order valence-corrected chi connectivity index (χ3v) is 5.21. The summed E-state index contributed by atoms with van der Waals surface area (Å²) in [6, 6.07) is 2.64. The van der Waals surface area contributed by atoms with E-state index < -0.39 is 0 Å². The summed E-state index contributed by atoms with van der Waals surface area (Å²) in [4.78, 5) is 13.7. The van der Waals surface area contributed by atoms with Crippen molar-refractivity contribution in [1.82, 2.24) is 5.32 Å². The van der Waals surface area contributed by atoms with E-state index in [0.717, 1.165) is 25.7 Å². The van der Waals surface area contributed by atoms with Gasteiger partial charge in [-0.2, -0.15) is 0 Å². The van der Waals surface area contributed by atoms with Gasteiger partial charge in [0.15, 0.2) is 0 Å². The maximum atomic E-state index is 12.2. The summed E-state index contributed by atoms with van der Waals surface area (Å²) in [5.74, 6) is 0.357. The van der Waals surface area contributed by atoms with Crippen LogP contribution >= 0.6 is 11.3 Å². The standard InChI is InChI=1S/C14H20N2OS/c15-10-5-4-9(8-10)14(17)16-12-2-1-3-13-11(12)6-7-18-13/h6-7,9-10,12H,1-5,8,15H2,(H,16,17). The highest BCUT2D eigenvalue weighted by Gasteiger charge is 2.30. The molecule has 2 aliphatic carbocycles. The van der Waals surface area contributed by atoms with Crippen molar-refractivity contribution in [3.8, 4) is 0 Å². The van der Waals surface area contributed by atoms with Gasteiger partial charge in [-0.3, -0.25) is 4.79 Å². The Balaban J connectivity index is 1.66. The molecule has 1 aromatic heterocycles. The van der Waals surface area contributed by atoms with E-state index in [1.807, 2.05) is 11.3 Å². The van der Waals surface area contributed by atoms with Gasteiger partial charge < -0.3 is 11.1 Å². The number of amides is 1. The highest BCUT2D eigenvalue weighted by Crippen LogP contribution is 2.34. The second kappa shape index (κ2) is 5.02. The van der Waals surface area contributed by atoms with Crippen molar-refractivity contribution in [3.05, 3.63) is 21.9 Å². The second-order valence-electron chi connectivity index (χ2n) is 5.52. The van der Waals surface area contributed by atoms with E-state index in [2.05, 4.69) is 16.8 Å². The number of nitrogens with one attached hydrogen (secondary N) is 1. The van der Waals surface area contributed by atoms with Crippen molar-refractivity contribution >= 4 is 17.2 Å². The fraction of sp³-hybridized carbons (Fsp3) is 0.643. The van der Waals surface area contributed by atoms with E-state index in [1.54, 1.807) is 0 Å². The van der Waals surface area contributed by atoms with Gasteiger partial charge in [0, 0.05) is 16.8 Å². The Labute approximate surface area is 112 Å². The molecule has 1 amide bonds. The quantitative estimate of drug-likeness (QED) is 0.861. The zero-order valence-electron chi connectivity index (χ0n) is 10.5. The normalized spacial score (nSPS) is 31.1. The second-order valence-corrected chi connectivity index (χ2v) is 6.52. The van der Waals surface area contributed by atoms with Crippen LogP contribution in [0.2, 0.25) is 0 Å². The van der Waals surface area contributed by atoms with Crippen molar-refractivity contribution in [2.75, 3.05) is 0 Å². The summed E-state index contributed by atoms with van der Waals surface area (Å²) >= 11 is 1.82. The lowest BCUT2D eigenvalue weighted by Gasteiger charge is -2.25. The van der Waals surface area contributed by atoms with Crippen molar-refractivity contribution in [1.29, 1.82) is 0 Å². The van der Waals surface area contributed by atoms with Gasteiger partial charge in [0.05, 0.1) is 6.04 Å². The van der Waals surface area contributed by atoms with Crippen LogP contribution in [0.25, 0.3) is 0 Å². The zero-order valence-corrected chi connectivity index (χ0v) is 11.3. The van der Waals surface area contributed by atoms with E-state index in [9.17, 15) is 4.79 Å². The average molecular weight is 264 g/mol. The first-order chi connectivity index (χ1) is 8.74. The van der Waals surface area contributed by atoms with E-state index in [-0.39, 0.29) is 23.9 Å². The van der Waals surface area contributed by atoms with Crippen LogP contribution in [-0.4, -0.2) is 11.9 Å². The molecule has 3 rings (SSSR count). The first-order valence-corrected chi connectivity index (χ1v) is 7.74. The van der Waals surface area contributed by atoms with Gasteiger partial charge in [0.2, 0.25) is 5.91 Å². The smallest absolute Gasteiger partial charge is 0.223 e. The van der Waals surface area contributed by atoms with Crippen LogP contribution in [0.15, 0.2) is 11.4 Å². The molecule has 0 aromatic carbocycles. The van der Waals surface area contributed by atoms with Gasteiger partial charge in [-0.15, -0.1) is 11.3 Å². The van der Waals surface area contributed by atoms with Crippen LogP contribution in [-0.2, 0) is 11.2 Å². The molecule has 3 N–H and O–H groups in total. The lowest BCUT2D eigenvalue weighted by molar-refractivity contribution is -0.125. The molecule has 1 aromatic rings. The number of fused-ring (bicyclic) bond motifs is 1. The molecule has 3 atom stereocenters. The maximum Gasteiger partial charge on any atom is 0.223 e. The molecule has 3 nitrogen and oxygen atoms in total. The van der Waals surface area contributed by atoms with E-state index in [0.29, 0.717) is 0 Å². The first-order valence-electron chi connectivity index (χ1n) is 6.86. The Morgan fingerprint density at radius 1 is 1.39 bits per heavy atom. The third-order valence-electron chi connectivity index (χ3n) is 4.21. The molecule has 0 spiro atoms. The lowest BCUT2D eigenvalue weighted by Crippen LogP contribution is -2.34. The highest BCUT2D eigenvalue weighted by atomic mass is 32.1. The van der Waals surface area contributed by atoms with Gasteiger partial charge in [-0.1, -0.05) is 0 Å². The SMILES string of the molecule is NC1CCC(C(=O)NC2CCCc3sccc32)C1. The zero-order chi connectivity index (χ0) is 12.5. The predicted octanol–water partition coefficient (Wildman–Crippen LogP) is 2.37. The predicted molar refractivity (Wildman–Crippen MR) is 73.5 cm³/mol. The van der Waals surface area contributed by atoms with Gasteiger partial charge in [0.1, 0.15) is 0 Å². The summed E-state index contributed by atoms with van der Waals surface area (Å²) in [5.41, 5.74) is 7.23. The minimum absolute atomic E-state index is 0.143. The van der Waals surface area contributed by atoms with Crippen LogP contribution < -0.4 is 11.1 Å². The number of rotatable bonds is 2. The van der Waals surface area contributed by atoms with Crippen molar-refractivity contribution < 1.29 is 4.79 Å². The fourth-order valence-electron chi connectivity index (χ4n) is 3.18. The van der Waals surface area contributed by atoms with Crippen LogP contribution in [0.5, 0.6) is 0 Å². The highest BCUT2D eigenvalue weighted by molar-refractivity contribution is 7.10. The molecule has 1 saturated carbocycles. The molecule has 4 heteroatoms. The van der Waals surface area contributed by atoms with E-state index >= 15 is 0 Å². The summed E-state index contributed by atoms with van der Waals surface area (Å²) < 4.78 is 0. The van der Waals surface area contributed by atoms with E-state index in [1.165, 1.54) is 23.3 Å². The average Bonchev–Trinajstić information content (AvgIpc) is 2.97. The minimum atomic E-state index is 0.143. The molecule has 0 bridgehead atoms. The van der Waals surface area contributed by atoms with Crippen molar-refractivity contribution in [3.63, 3.8) is 0 Å². The summed E-state index contributed by atoms with van der Waals surface area (Å²) in [6.07, 6.45) is 6.24. The first kappa shape index (κ1) is 12.2. The molecule has 98 valence electrons. The molecule has 1 heterocycles. The third kappa shape index (κ3) is 2.31. The van der Waals surface area contributed by atoms with Gasteiger partial charge >= 0.3 is 0 Å². The topological polar surface area (TPSA) is 55.1 Å². The lowest BCUT2D eigenvalue weighted by atomic mass is 9.93. The molecule has 0 saturated heterocycles. The molecule has 3 unspecified atom stereocenters. The number of hydrogen-bond acceptors (Lipinski definition) is 3. The van der Waals surface area contributed by atoms with Crippen molar-refractivity contribution in [2.24, 2.45) is 11.7 Å². The Kier molecular flexibility index (Phi) is 3.39. The maximum absolute atomic E-state index is 12.2. The van der Waals surface area contributed by atoms with Gasteiger partial charge in [-0.25, -0.2) is 0 Å². The number of thiophene rings is 1. The number of hydrogen-bond donors (Lipinski definition) is 2. The van der Waals surface area contributed by atoms with E-state index in [4.69, 9.17) is 5.73 Å². The fourth-order valence-corrected chi connectivity index (χ4v) is 4.17. The Hall–Kier alpha value is -0.870. The van der Waals surface area contributed by atoms with Crippen LogP contribution in [0.3, 0.4) is 0 Å². The van der Waals surface area contributed by atoms with Crippen LogP contribution in [0.1, 0.15) is 48.6 Å². The van der Waals surface area contributed by atoms with Gasteiger partial charge in [-0.05, 0) is 55.5 Å². The Bertz CT molecular complexity index is 443. The van der Waals surface area contributed by atoms with Crippen molar-refractivity contribution in [2.45, 2.75) is 50.6 Å². The number of carbonyl (C=O) groups excluding carboxylic acids is 1. The number of carbonyl (C=O) groups is 1. The summed E-state index contributed by atoms with van der Waals surface area (Å²) in [6.45, 7) is 0. The number of aryl methyl sites for hydroxylation is 1. The molecule has 2 aliphatic rings.